The van der Waals surface area contributed by atoms with Gasteiger partial charge >= 0.3 is 0 Å². The van der Waals surface area contributed by atoms with Gasteiger partial charge < -0.3 is 0 Å². The second kappa shape index (κ2) is 5.27. The van der Waals surface area contributed by atoms with Crippen LogP contribution in [0.5, 0.6) is 0 Å². The first-order chi connectivity index (χ1) is 8.04. The van der Waals surface area contributed by atoms with Crippen molar-refractivity contribution in [1.29, 1.82) is 0 Å². The van der Waals surface area contributed by atoms with Crippen LogP contribution in [0, 0.1) is 11.7 Å². The summed E-state index contributed by atoms with van der Waals surface area (Å²) in [5.41, 5.74) is 0.943. The molecule has 0 aliphatic carbocycles. The first-order valence-electron chi connectivity index (χ1n) is 5.74. The van der Waals surface area contributed by atoms with Crippen molar-refractivity contribution in [3.63, 3.8) is 0 Å². The van der Waals surface area contributed by atoms with Gasteiger partial charge in [-0.05, 0) is 23.8 Å². The Labute approximate surface area is 109 Å². The molecular weight excluding hydrogens is 285 g/mol. The Morgan fingerprint density at radius 2 is 2.24 bits per heavy atom. The number of rotatable bonds is 2. The minimum absolute atomic E-state index is 0.0979. The topological polar surface area (TPSA) is 20.3 Å². The zero-order chi connectivity index (χ0) is 12.4. The summed E-state index contributed by atoms with van der Waals surface area (Å²) in [6, 6.07) is 4.92. The number of carbonyl (C=O) groups excluding carboxylic acids is 1. The predicted molar refractivity (Wildman–Crippen MR) is 68.2 cm³/mol. The minimum atomic E-state index is -0.226. The van der Waals surface area contributed by atoms with Crippen LogP contribution in [0.2, 0.25) is 0 Å². The van der Waals surface area contributed by atoms with Crippen LogP contribution in [0.15, 0.2) is 22.7 Å². The zero-order valence-electron chi connectivity index (χ0n) is 9.75. The molecule has 0 spiro atoms. The summed E-state index contributed by atoms with van der Waals surface area (Å²) in [6.45, 7) is 4.20. The third kappa shape index (κ3) is 3.36. The highest BCUT2D eigenvalue weighted by Gasteiger charge is 2.23. The first-order valence-corrected chi connectivity index (χ1v) is 6.54. The van der Waals surface area contributed by atoms with E-state index in [1.807, 2.05) is 13.0 Å². The van der Waals surface area contributed by atoms with Crippen molar-refractivity contribution in [2.75, 3.05) is 13.1 Å². The number of Topliss-reactive ketones (excluding diaryl/α,β-unsaturated/α-hetero) is 1. The molecule has 0 aromatic heterocycles. The van der Waals surface area contributed by atoms with E-state index in [4.69, 9.17) is 0 Å². The van der Waals surface area contributed by atoms with Crippen LogP contribution in [0.1, 0.15) is 18.9 Å². The van der Waals surface area contributed by atoms with Gasteiger partial charge in [-0.3, -0.25) is 9.69 Å². The van der Waals surface area contributed by atoms with E-state index in [0.717, 1.165) is 23.1 Å². The van der Waals surface area contributed by atoms with Gasteiger partial charge in [-0.25, -0.2) is 4.39 Å². The molecule has 1 aliphatic rings. The molecule has 2 nitrogen and oxygen atoms in total. The molecule has 1 atom stereocenters. The van der Waals surface area contributed by atoms with Gasteiger partial charge in [0.1, 0.15) is 11.6 Å². The standard InChI is InChI=1S/C13H15BrFNO/c1-9-7-16(3-2-13(9)17)8-10-4-11(14)6-12(15)5-10/h4-6,9H,2-3,7-8H2,1H3. The molecule has 1 aromatic rings. The average Bonchev–Trinajstić information content (AvgIpc) is 2.22. The third-order valence-corrected chi connectivity index (χ3v) is 3.54. The van der Waals surface area contributed by atoms with Gasteiger partial charge in [0.25, 0.3) is 0 Å². The Hall–Kier alpha value is -0.740. The maximum atomic E-state index is 13.2. The number of nitrogens with zero attached hydrogens (tertiary/aromatic N) is 1. The van der Waals surface area contributed by atoms with Crippen LogP contribution >= 0.6 is 15.9 Å². The molecule has 1 aliphatic heterocycles. The molecule has 1 fully saturated rings. The molecule has 1 saturated heterocycles. The molecule has 4 heteroatoms. The number of ketones is 1. The quantitative estimate of drug-likeness (QED) is 0.837. The Bertz CT molecular complexity index is 415. The maximum Gasteiger partial charge on any atom is 0.138 e. The normalized spacial score (nSPS) is 21.8. The number of carbonyl (C=O) groups is 1. The fourth-order valence-corrected chi connectivity index (χ4v) is 2.71. The Morgan fingerprint density at radius 3 is 2.88 bits per heavy atom. The van der Waals surface area contributed by atoms with Crippen molar-refractivity contribution < 1.29 is 9.18 Å². The van der Waals surface area contributed by atoms with Gasteiger partial charge in [-0.2, -0.15) is 0 Å². The molecule has 17 heavy (non-hydrogen) atoms. The molecule has 0 bridgehead atoms. The van der Waals surface area contributed by atoms with Crippen molar-refractivity contribution in [3.8, 4) is 0 Å². The van der Waals surface area contributed by atoms with Crippen LogP contribution in [-0.4, -0.2) is 23.8 Å². The predicted octanol–water partition coefficient (Wildman–Crippen LogP) is 3.00. The summed E-state index contributed by atoms with van der Waals surface area (Å²) < 4.78 is 14.0. The van der Waals surface area contributed by atoms with Crippen LogP contribution in [-0.2, 0) is 11.3 Å². The van der Waals surface area contributed by atoms with Gasteiger partial charge in [0, 0.05) is 36.4 Å². The van der Waals surface area contributed by atoms with Crippen molar-refractivity contribution in [1.82, 2.24) is 4.90 Å². The van der Waals surface area contributed by atoms with Crippen LogP contribution in [0.25, 0.3) is 0 Å². The SMILES string of the molecule is CC1CN(Cc2cc(F)cc(Br)c2)CCC1=O. The van der Waals surface area contributed by atoms with Crippen molar-refractivity contribution in [2.45, 2.75) is 19.9 Å². The number of hydrogen-bond donors (Lipinski definition) is 0. The highest BCUT2D eigenvalue weighted by Crippen LogP contribution is 2.19. The van der Waals surface area contributed by atoms with E-state index >= 15 is 0 Å². The van der Waals surface area contributed by atoms with E-state index in [0.29, 0.717) is 18.7 Å². The summed E-state index contributed by atoms with van der Waals surface area (Å²) in [6.07, 6.45) is 0.609. The molecule has 1 unspecified atom stereocenters. The first kappa shape index (κ1) is 12.7. The summed E-state index contributed by atoms with van der Waals surface area (Å²) >= 11 is 3.29. The Balaban J connectivity index is 2.03. The van der Waals surface area contributed by atoms with E-state index in [-0.39, 0.29) is 11.7 Å². The van der Waals surface area contributed by atoms with E-state index in [9.17, 15) is 9.18 Å². The van der Waals surface area contributed by atoms with Gasteiger partial charge in [-0.15, -0.1) is 0 Å². The number of piperidine rings is 1. The fourth-order valence-electron chi connectivity index (χ4n) is 2.20. The van der Waals surface area contributed by atoms with E-state index in [2.05, 4.69) is 20.8 Å². The molecular formula is C13H15BrFNO. The second-order valence-corrected chi connectivity index (χ2v) is 5.55. The maximum absolute atomic E-state index is 13.2. The lowest BCUT2D eigenvalue weighted by molar-refractivity contribution is -0.125. The van der Waals surface area contributed by atoms with Gasteiger partial charge in [0.05, 0.1) is 0 Å². The third-order valence-electron chi connectivity index (χ3n) is 3.08. The van der Waals surface area contributed by atoms with Crippen LogP contribution < -0.4 is 0 Å². The van der Waals surface area contributed by atoms with E-state index in [1.54, 1.807) is 6.07 Å². The summed E-state index contributed by atoms with van der Waals surface area (Å²) in [5.74, 6) is 0.206. The second-order valence-electron chi connectivity index (χ2n) is 4.63. The summed E-state index contributed by atoms with van der Waals surface area (Å²) in [5, 5.41) is 0. The van der Waals surface area contributed by atoms with Crippen LogP contribution in [0.4, 0.5) is 4.39 Å². The molecule has 0 N–H and O–H groups in total. The van der Waals surface area contributed by atoms with Crippen LogP contribution in [0.3, 0.4) is 0 Å². The molecule has 0 radical (unpaired) electrons. The number of hydrogen-bond acceptors (Lipinski definition) is 2. The lowest BCUT2D eigenvalue weighted by Crippen LogP contribution is -2.39. The monoisotopic (exact) mass is 299 g/mol. The van der Waals surface area contributed by atoms with Gasteiger partial charge in [0.15, 0.2) is 0 Å². The summed E-state index contributed by atoms with van der Waals surface area (Å²) in [7, 11) is 0. The molecule has 1 aromatic carbocycles. The molecule has 92 valence electrons. The average molecular weight is 300 g/mol. The largest absolute Gasteiger partial charge is 0.299 e. The highest BCUT2D eigenvalue weighted by atomic mass is 79.9. The van der Waals surface area contributed by atoms with Crippen molar-refractivity contribution in [2.24, 2.45) is 5.92 Å². The highest BCUT2D eigenvalue weighted by molar-refractivity contribution is 9.10. The number of halogens is 2. The lowest BCUT2D eigenvalue weighted by Gasteiger charge is -2.29. The number of benzene rings is 1. The van der Waals surface area contributed by atoms with Crippen molar-refractivity contribution >= 4 is 21.7 Å². The molecule has 0 amide bonds. The summed E-state index contributed by atoms with van der Waals surface area (Å²) in [4.78, 5) is 13.6. The minimum Gasteiger partial charge on any atom is -0.299 e. The zero-order valence-corrected chi connectivity index (χ0v) is 11.3. The van der Waals surface area contributed by atoms with E-state index < -0.39 is 0 Å². The molecule has 1 heterocycles. The molecule has 2 rings (SSSR count). The lowest BCUT2D eigenvalue weighted by atomic mass is 9.98. The Kier molecular flexibility index (Phi) is 3.94. The van der Waals surface area contributed by atoms with E-state index in [1.165, 1.54) is 6.07 Å². The van der Waals surface area contributed by atoms with Gasteiger partial charge in [-0.1, -0.05) is 22.9 Å². The van der Waals surface area contributed by atoms with Gasteiger partial charge in [0.2, 0.25) is 0 Å². The Morgan fingerprint density at radius 1 is 1.47 bits per heavy atom. The molecule has 0 saturated carbocycles. The smallest absolute Gasteiger partial charge is 0.138 e. The fraction of sp³-hybridized carbons (Fsp3) is 0.462. The van der Waals surface area contributed by atoms with Crippen molar-refractivity contribution in [3.05, 3.63) is 34.1 Å². The number of likely N-dealkylation sites (tertiary alicyclic amines) is 1.